The third-order valence-electron chi connectivity index (χ3n) is 15.9. The first-order chi connectivity index (χ1) is 53.5. The average Bonchev–Trinajstić information content (AvgIpc) is 1.84. The molecule has 8 atom stereocenters. The summed E-state index contributed by atoms with van der Waals surface area (Å²) < 4.78 is 209. The lowest BCUT2D eigenvalue weighted by Gasteiger charge is -2.32. The smallest absolute Gasteiger partial charge is 0.402 e. The third-order valence-corrected chi connectivity index (χ3v) is 15.9. The second kappa shape index (κ2) is 48.9. The number of hydrogen-bond acceptors (Lipinski definition) is 50. The highest BCUT2D eigenvalue weighted by atomic mass is 16.9. The monoisotopic (exact) mass is 1590 g/mol. The molecule has 15 fully saturated rings. The van der Waals surface area contributed by atoms with E-state index < -0.39 is 122 Å². The van der Waals surface area contributed by atoms with E-state index in [4.69, 9.17) is 227 Å². The van der Waals surface area contributed by atoms with Gasteiger partial charge in [-0.2, -0.15) is 0 Å². The van der Waals surface area contributed by atoms with Gasteiger partial charge in [-0.05, 0) is 0 Å². The molecule has 0 radical (unpaired) electrons. The summed E-state index contributed by atoms with van der Waals surface area (Å²) in [4.78, 5) is 0. The first-order valence-electron chi connectivity index (χ1n) is 35.3. The summed E-state index contributed by atoms with van der Waals surface area (Å²) in [6, 6.07) is 0. The van der Waals surface area contributed by atoms with Gasteiger partial charge in [-0.25, -0.2) is 0 Å². The molecule has 15 saturated heterocycles. The zero-order chi connectivity index (χ0) is 76.8. The zero-order valence-corrected chi connectivity index (χ0v) is 59.3. The molecule has 0 bridgehead atoms. The van der Waals surface area contributed by atoms with Gasteiger partial charge in [0.05, 0.1) is 290 Å². The predicted octanol–water partition coefficient (Wildman–Crippen LogP) is -14.0. The van der Waals surface area contributed by atoms with E-state index in [1.165, 1.54) is 0 Å². The Hall–Kier alpha value is -1.03. The summed E-state index contributed by atoms with van der Waals surface area (Å²) >= 11 is 0. The number of aliphatic hydroxyl groups is 5. The Labute approximate surface area is 634 Å². The quantitative estimate of drug-likeness (QED) is 0.0325. The Morgan fingerprint density at radius 2 is 0.391 bits per heavy atom. The van der Waals surface area contributed by atoms with Gasteiger partial charge in [0.1, 0.15) is 0 Å². The molecule has 610 valence electrons. The third kappa shape index (κ3) is 32.6. The van der Waals surface area contributed by atoms with E-state index in [-0.39, 0.29) is 245 Å². The van der Waals surface area contributed by atoms with Crippen molar-refractivity contribution < 1.29 is 237 Å². The van der Waals surface area contributed by atoms with Crippen molar-refractivity contribution in [1.82, 2.24) is 0 Å². The maximum Gasteiger partial charge on any atom is 0.640 e. The molecule has 15 heterocycles. The van der Waals surface area contributed by atoms with Crippen LogP contribution in [0, 0.1) is 0 Å². The Morgan fingerprint density at radius 3 is 0.682 bits per heavy atom. The maximum absolute atomic E-state index is 9.23. The molecular formula is C45H85B15O50. The maximum atomic E-state index is 9.23. The molecule has 8 unspecified atom stereocenters. The van der Waals surface area contributed by atoms with Crippen molar-refractivity contribution in [2.24, 2.45) is 0 Å². The lowest BCUT2D eigenvalue weighted by molar-refractivity contribution is -0.0893. The largest absolute Gasteiger partial charge is 0.640 e. The van der Waals surface area contributed by atoms with E-state index in [1.54, 1.807) is 0 Å². The average molecular weight is 1590 g/mol. The fraction of sp³-hybridized carbons (Fsp3) is 1.00. The lowest BCUT2D eigenvalue weighted by atomic mass is 10.1. The molecule has 10 N–H and O–H groups in total. The first kappa shape index (κ1) is 89.8. The van der Waals surface area contributed by atoms with Gasteiger partial charge in [0.25, 0.3) is 0 Å². The number of rotatable bonds is 28. The van der Waals surface area contributed by atoms with Crippen molar-refractivity contribution in [3.8, 4) is 0 Å². The molecule has 0 saturated carbocycles. The molecule has 110 heavy (non-hydrogen) atoms. The normalized spacial score (nSPS) is 29.8. The van der Waals surface area contributed by atoms with Crippen molar-refractivity contribution in [3.63, 3.8) is 0 Å². The fourth-order valence-electron chi connectivity index (χ4n) is 10.4. The van der Waals surface area contributed by atoms with Crippen LogP contribution in [0.3, 0.4) is 0 Å². The van der Waals surface area contributed by atoms with Crippen molar-refractivity contribution in [3.05, 3.63) is 0 Å². The first-order valence-corrected chi connectivity index (χ1v) is 35.3. The van der Waals surface area contributed by atoms with Gasteiger partial charge in [0.2, 0.25) is 0 Å². The Bertz CT molecular complexity index is 2300. The SMILES string of the molecule is OB1OCC(OB2OCC(COB3OCC(O)CO3)O2)CO1.OB1OCC(OB2OCC(OB3OCC(O)CO3)CO2)CO1.OCC1COB(OC2COB(OCC3COB(O)O3)OC2)O1.OCC1COB(OCC2COB(OC3COB(O)OC3)O2)O1.OCC1COB(OCC2COB(OCC3COB(O)O3)O2)O1. The summed E-state index contributed by atoms with van der Waals surface area (Å²) in [5, 5.41) is 90.3. The highest BCUT2D eigenvalue weighted by Crippen LogP contribution is 2.22. The molecule has 0 aliphatic carbocycles. The standard InChI is InChI=1S/5C9H17B3O10/c13-7-1-17-11(18-2-7)22-9-5-19-12(20-6-9)21-8-3-15-10(14)16-4-8;13-7-1-17-11(18-2-7)19-5-9-6-20-12(22-9)21-8-3-15-10(14)16-4-8;13-1-7-2-19-12(21-7)22-9-5-17-11(18-6-9)16-4-8-3-15-10(14)20-8;13-1-7-2-17-11(20-7)18-5-9-6-19-12(22-9)21-8-3-15-10(14)16-4-8;13-1-7-2-16-11(21-7)18-5-9-6-19-12(22-9)17-4-8-3-15-10(14)20-8/h5*7-9,13-14H,1-6H2. The minimum Gasteiger partial charge on any atom is -0.402 e. The van der Waals surface area contributed by atoms with Crippen molar-refractivity contribution in [2.75, 3.05) is 198 Å². The van der Waals surface area contributed by atoms with Crippen LogP contribution in [0.25, 0.3) is 0 Å². The van der Waals surface area contributed by atoms with Crippen LogP contribution in [-0.4, -0.2) is 450 Å². The number of aliphatic hydroxyl groups excluding tert-OH is 5. The molecule has 15 aliphatic rings. The van der Waals surface area contributed by atoms with Gasteiger partial charge in [-0.15, -0.1) is 0 Å². The Kier molecular flexibility index (Phi) is 39.9. The molecule has 15 rings (SSSR count). The summed E-state index contributed by atoms with van der Waals surface area (Å²) in [6.07, 6.45) is -5.83. The van der Waals surface area contributed by atoms with E-state index in [0.29, 0.717) is 33.0 Å². The van der Waals surface area contributed by atoms with Gasteiger partial charge >= 0.3 is 110 Å². The second-order valence-electron chi connectivity index (χ2n) is 25.1. The van der Waals surface area contributed by atoms with E-state index in [0.717, 1.165) is 0 Å². The zero-order valence-electron chi connectivity index (χ0n) is 59.3. The van der Waals surface area contributed by atoms with Crippen LogP contribution >= 0.6 is 0 Å². The molecule has 15 aliphatic heterocycles. The van der Waals surface area contributed by atoms with Crippen LogP contribution in [-0.2, 0) is 186 Å². The van der Waals surface area contributed by atoms with Crippen molar-refractivity contribution in [1.29, 1.82) is 0 Å². The summed E-state index contributed by atoms with van der Waals surface area (Å²) in [6.45, 7) is 5.77. The van der Waals surface area contributed by atoms with Gasteiger partial charge in [0.15, 0.2) is 0 Å². The van der Waals surface area contributed by atoms with Crippen LogP contribution in [0.2, 0.25) is 0 Å². The molecule has 65 heteroatoms. The summed E-state index contributed by atoms with van der Waals surface area (Å²) in [5.41, 5.74) is 0. The second-order valence-corrected chi connectivity index (χ2v) is 25.1. The highest BCUT2D eigenvalue weighted by Gasteiger charge is 2.47. The van der Waals surface area contributed by atoms with Crippen LogP contribution < -0.4 is 0 Å². The van der Waals surface area contributed by atoms with Crippen LogP contribution in [0.1, 0.15) is 0 Å². The molecule has 0 aromatic carbocycles. The van der Waals surface area contributed by atoms with Gasteiger partial charge in [0, 0.05) is 0 Å². The van der Waals surface area contributed by atoms with E-state index in [9.17, 15) is 10.2 Å². The van der Waals surface area contributed by atoms with E-state index >= 15 is 0 Å². The summed E-state index contributed by atoms with van der Waals surface area (Å²) in [7, 11) is -14.2. The Balaban J connectivity index is 0.000000136. The minimum absolute atomic E-state index is 0.111. The van der Waals surface area contributed by atoms with Crippen LogP contribution in [0.4, 0.5) is 0 Å². The van der Waals surface area contributed by atoms with E-state index in [2.05, 4.69) is 0 Å². The fourth-order valence-corrected chi connectivity index (χ4v) is 10.4. The van der Waals surface area contributed by atoms with Crippen LogP contribution in [0.5, 0.6) is 0 Å². The Morgan fingerprint density at radius 1 is 0.200 bits per heavy atom. The van der Waals surface area contributed by atoms with Crippen molar-refractivity contribution in [2.45, 2.75) is 91.6 Å². The van der Waals surface area contributed by atoms with Crippen LogP contribution in [0.15, 0.2) is 0 Å². The molecule has 0 aromatic rings. The predicted molar refractivity (Wildman–Crippen MR) is 355 cm³/mol. The van der Waals surface area contributed by atoms with Crippen molar-refractivity contribution >= 4 is 110 Å². The lowest BCUT2D eigenvalue weighted by Crippen LogP contribution is -2.50. The molecule has 0 aromatic heterocycles. The highest BCUT2D eigenvalue weighted by molar-refractivity contribution is 6.41. The van der Waals surface area contributed by atoms with Gasteiger partial charge in [-0.1, -0.05) is 0 Å². The van der Waals surface area contributed by atoms with Gasteiger partial charge < -0.3 is 237 Å². The minimum atomic E-state index is -1.21. The van der Waals surface area contributed by atoms with E-state index in [1.807, 2.05) is 0 Å². The summed E-state index contributed by atoms with van der Waals surface area (Å²) in [5.74, 6) is 0. The van der Waals surface area contributed by atoms with Gasteiger partial charge in [-0.3, -0.25) is 0 Å². The molecular weight excluding hydrogens is 1500 g/mol. The topological polar surface area (TPSA) is 572 Å². The number of hydrogen-bond donors (Lipinski definition) is 10. The molecule has 0 spiro atoms. The molecule has 50 nitrogen and oxygen atoms in total. The molecule has 0 amide bonds.